The first kappa shape index (κ1) is 15.0. The molecule has 1 aromatic carbocycles. The van der Waals surface area contributed by atoms with Crippen LogP contribution in [0.15, 0.2) is 29.3 Å². The average Bonchev–Trinajstić information content (AvgIpc) is 3.01. The molecule has 1 aliphatic heterocycles. The summed E-state index contributed by atoms with van der Waals surface area (Å²) in [5.41, 5.74) is 0.887. The Balaban J connectivity index is 1.90. The minimum Gasteiger partial charge on any atom is -0.307 e. The zero-order valence-corrected chi connectivity index (χ0v) is 14.2. The molecule has 8 heteroatoms. The predicted molar refractivity (Wildman–Crippen MR) is 93.9 cm³/mol. The quantitative estimate of drug-likeness (QED) is 0.617. The molecular weight excluding hydrogens is 367 g/mol. The van der Waals surface area contributed by atoms with E-state index in [0.29, 0.717) is 19.3 Å². The van der Waals surface area contributed by atoms with Gasteiger partial charge in [0, 0.05) is 16.6 Å². The monoisotopic (exact) mass is 372 g/mol. The fraction of sp³-hybridized carbons (Fsp3) is 0. The summed E-state index contributed by atoms with van der Waals surface area (Å²) in [7, 11) is 0. The summed E-state index contributed by atoms with van der Waals surface area (Å²) in [5.74, 6) is -0.172. The molecule has 0 atom stereocenters. The van der Waals surface area contributed by atoms with Crippen molar-refractivity contribution in [3.05, 3.63) is 44.2 Å². The molecule has 0 radical (unpaired) electrons. The first-order valence-corrected chi connectivity index (χ1v) is 8.49. The summed E-state index contributed by atoms with van der Waals surface area (Å²) in [6, 6.07) is 5.36. The van der Waals surface area contributed by atoms with Crippen molar-refractivity contribution >= 4 is 74.8 Å². The number of aromatic nitrogens is 1. The fourth-order valence-electron chi connectivity index (χ4n) is 1.67. The highest BCUT2D eigenvalue weighted by Gasteiger charge is 2.22. The SMILES string of the molecule is O=C1NC(=S)SC1=Cc1cnc(-c2ccc(Cl)c(Cl)c2)s1. The highest BCUT2D eigenvalue weighted by atomic mass is 35.5. The zero-order chi connectivity index (χ0) is 15.0. The van der Waals surface area contributed by atoms with E-state index in [-0.39, 0.29) is 5.91 Å². The van der Waals surface area contributed by atoms with Gasteiger partial charge in [-0.3, -0.25) is 4.79 Å². The Bertz CT molecular complexity index is 785. The van der Waals surface area contributed by atoms with Crippen LogP contribution in [0.2, 0.25) is 10.0 Å². The normalized spacial score (nSPS) is 16.6. The van der Waals surface area contributed by atoms with Gasteiger partial charge in [0.15, 0.2) is 0 Å². The summed E-state index contributed by atoms with van der Waals surface area (Å²) in [6.07, 6.45) is 3.49. The third-order valence-electron chi connectivity index (χ3n) is 2.61. The third-order valence-corrected chi connectivity index (χ3v) is 5.50. The number of thiazole rings is 1. The second-order valence-electron chi connectivity index (χ2n) is 4.05. The summed E-state index contributed by atoms with van der Waals surface area (Å²) >= 11 is 19.6. The summed E-state index contributed by atoms with van der Waals surface area (Å²) in [5, 5.41) is 4.38. The molecule has 1 fully saturated rings. The van der Waals surface area contributed by atoms with Crippen molar-refractivity contribution in [3.8, 4) is 10.6 Å². The van der Waals surface area contributed by atoms with Gasteiger partial charge in [0.1, 0.15) is 9.33 Å². The number of hydrogen-bond acceptors (Lipinski definition) is 5. The highest BCUT2D eigenvalue weighted by Crippen LogP contribution is 2.33. The van der Waals surface area contributed by atoms with E-state index >= 15 is 0 Å². The van der Waals surface area contributed by atoms with Crippen LogP contribution in [0.3, 0.4) is 0 Å². The van der Waals surface area contributed by atoms with Gasteiger partial charge in [-0.1, -0.05) is 53.2 Å². The molecular formula is C13H6Cl2N2OS3. The van der Waals surface area contributed by atoms with Crippen molar-refractivity contribution in [3.63, 3.8) is 0 Å². The van der Waals surface area contributed by atoms with Crippen LogP contribution in [-0.4, -0.2) is 15.2 Å². The molecule has 0 spiro atoms. The molecule has 3 nitrogen and oxygen atoms in total. The average molecular weight is 373 g/mol. The van der Waals surface area contributed by atoms with Gasteiger partial charge >= 0.3 is 0 Å². The standard InChI is InChI=1S/C13H6Cl2N2OS3/c14-8-2-1-6(3-9(8)15)12-16-5-7(20-12)4-10-11(18)17-13(19)21-10/h1-5H,(H,17,18,19). The fourth-order valence-corrected chi connectivity index (χ4v) is 3.93. The number of carbonyl (C=O) groups is 1. The smallest absolute Gasteiger partial charge is 0.263 e. The van der Waals surface area contributed by atoms with Crippen molar-refractivity contribution in [2.45, 2.75) is 0 Å². The van der Waals surface area contributed by atoms with Gasteiger partial charge < -0.3 is 5.32 Å². The lowest BCUT2D eigenvalue weighted by Gasteiger charge is -1.98. The second kappa shape index (κ2) is 6.06. The second-order valence-corrected chi connectivity index (χ2v) is 7.64. The number of carbonyl (C=O) groups excluding carboxylic acids is 1. The summed E-state index contributed by atoms with van der Waals surface area (Å²) in [6.45, 7) is 0. The van der Waals surface area contributed by atoms with Gasteiger partial charge in [-0.05, 0) is 18.2 Å². The molecule has 1 saturated heterocycles. The molecule has 21 heavy (non-hydrogen) atoms. The van der Waals surface area contributed by atoms with Gasteiger partial charge in [0.25, 0.3) is 5.91 Å². The van der Waals surface area contributed by atoms with E-state index in [1.807, 2.05) is 6.07 Å². The van der Waals surface area contributed by atoms with Crippen LogP contribution in [0.1, 0.15) is 4.88 Å². The Morgan fingerprint density at radius 1 is 1.29 bits per heavy atom. The van der Waals surface area contributed by atoms with Crippen molar-refractivity contribution in [1.82, 2.24) is 10.3 Å². The zero-order valence-electron chi connectivity index (χ0n) is 10.2. The van der Waals surface area contributed by atoms with E-state index < -0.39 is 0 Å². The lowest BCUT2D eigenvalue weighted by molar-refractivity contribution is -0.115. The van der Waals surface area contributed by atoms with Gasteiger partial charge in [-0.25, -0.2) is 4.98 Å². The largest absolute Gasteiger partial charge is 0.307 e. The van der Waals surface area contributed by atoms with Gasteiger partial charge in [0.2, 0.25) is 0 Å². The van der Waals surface area contributed by atoms with Crippen LogP contribution in [0.4, 0.5) is 0 Å². The molecule has 1 amide bonds. The van der Waals surface area contributed by atoms with Crippen LogP contribution >= 0.6 is 58.5 Å². The van der Waals surface area contributed by atoms with Crippen LogP contribution < -0.4 is 5.32 Å². The van der Waals surface area contributed by atoms with E-state index in [2.05, 4.69) is 10.3 Å². The van der Waals surface area contributed by atoms with Crippen LogP contribution in [0, 0.1) is 0 Å². The Labute approximate surface area is 144 Å². The van der Waals surface area contributed by atoms with Crippen molar-refractivity contribution < 1.29 is 4.79 Å². The molecule has 2 heterocycles. The lowest BCUT2D eigenvalue weighted by atomic mass is 10.2. The molecule has 1 aromatic heterocycles. The number of rotatable bonds is 2. The minimum atomic E-state index is -0.172. The Morgan fingerprint density at radius 3 is 2.76 bits per heavy atom. The number of halogens is 2. The maximum absolute atomic E-state index is 11.6. The Morgan fingerprint density at radius 2 is 2.10 bits per heavy atom. The van der Waals surface area contributed by atoms with E-state index in [9.17, 15) is 4.79 Å². The van der Waals surface area contributed by atoms with E-state index in [1.165, 1.54) is 23.1 Å². The van der Waals surface area contributed by atoms with E-state index in [1.54, 1.807) is 24.4 Å². The molecule has 0 saturated carbocycles. The molecule has 3 rings (SSSR count). The van der Waals surface area contributed by atoms with Crippen LogP contribution in [0.25, 0.3) is 16.6 Å². The first-order chi connectivity index (χ1) is 10.0. The molecule has 106 valence electrons. The number of thioether (sulfide) groups is 1. The molecule has 0 bridgehead atoms. The van der Waals surface area contributed by atoms with Crippen molar-refractivity contribution in [2.24, 2.45) is 0 Å². The molecule has 1 N–H and O–H groups in total. The number of nitrogens with zero attached hydrogens (tertiary/aromatic N) is 1. The highest BCUT2D eigenvalue weighted by molar-refractivity contribution is 8.26. The molecule has 0 aliphatic carbocycles. The van der Waals surface area contributed by atoms with Crippen LogP contribution in [0.5, 0.6) is 0 Å². The van der Waals surface area contributed by atoms with E-state index in [0.717, 1.165) is 15.4 Å². The number of hydrogen-bond donors (Lipinski definition) is 1. The van der Waals surface area contributed by atoms with Crippen molar-refractivity contribution in [2.75, 3.05) is 0 Å². The predicted octanol–water partition coefficient (Wildman–Crippen LogP) is 4.61. The van der Waals surface area contributed by atoms with Crippen LogP contribution in [-0.2, 0) is 4.79 Å². The maximum Gasteiger partial charge on any atom is 0.263 e. The molecule has 2 aromatic rings. The first-order valence-electron chi connectivity index (χ1n) is 5.69. The third kappa shape index (κ3) is 3.30. The summed E-state index contributed by atoms with van der Waals surface area (Å²) < 4.78 is 0.473. The summed E-state index contributed by atoms with van der Waals surface area (Å²) in [4.78, 5) is 17.4. The Hall–Kier alpha value is -0.920. The topological polar surface area (TPSA) is 42.0 Å². The van der Waals surface area contributed by atoms with Crippen molar-refractivity contribution in [1.29, 1.82) is 0 Å². The molecule has 0 unspecified atom stereocenters. The number of amides is 1. The van der Waals surface area contributed by atoms with E-state index in [4.69, 9.17) is 35.4 Å². The number of thiocarbonyl (C=S) groups is 1. The van der Waals surface area contributed by atoms with Gasteiger partial charge in [-0.15, -0.1) is 11.3 Å². The Kier molecular flexibility index (Phi) is 4.33. The van der Waals surface area contributed by atoms with Gasteiger partial charge in [0.05, 0.1) is 15.0 Å². The number of nitrogens with one attached hydrogen (secondary N) is 1. The number of benzene rings is 1. The maximum atomic E-state index is 11.6. The van der Waals surface area contributed by atoms with Gasteiger partial charge in [-0.2, -0.15) is 0 Å². The minimum absolute atomic E-state index is 0.172. The molecule has 1 aliphatic rings. The lowest BCUT2D eigenvalue weighted by Crippen LogP contribution is -2.17.